The predicted molar refractivity (Wildman–Crippen MR) is 92.3 cm³/mol. The van der Waals surface area contributed by atoms with Crippen LogP contribution in [0, 0.1) is 0 Å². The topological polar surface area (TPSA) is 68.2 Å². The van der Waals surface area contributed by atoms with E-state index >= 15 is 0 Å². The molecule has 132 valence electrons. The molecule has 1 unspecified atom stereocenters. The van der Waals surface area contributed by atoms with Gasteiger partial charge in [0.25, 0.3) is 0 Å². The van der Waals surface area contributed by atoms with Crippen molar-refractivity contribution in [1.82, 2.24) is 20.4 Å². The molecule has 0 radical (unpaired) electrons. The zero-order valence-electron chi connectivity index (χ0n) is 15.6. The third kappa shape index (κ3) is 6.22. The van der Waals surface area contributed by atoms with Gasteiger partial charge in [0.15, 0.2) is 0 Å². The van der Waals surface area contributed by atoms with Crippen molar-refractivity contribution in [1.29, 1.82) is 0 Å². The Morgan fingerprint density at radius 3 is 2.39 bits per heavy atom. The van der Waals surface area contributed by atoms with Crippen molar-refractivity contribution in [3.8, 4) is 0 Å². The van der Waals surface area contributed by atoms with E-state index in [1.165, 1.54) is 0 Å². The lowest BCUT2D eigenvalue weighted by molar-refractivity contribution is 0.0444. The molecule has 1 aromatic rings. The molecule has 0 aliphatic heterocycles. The Bertz CT molecular complexity index is 501. The summed E-state index contributed by atoms with van der Waals surface area (Å²) < 4.78 is 7.19. The molecule has 6 heteroatoms. The summed E-state index contributed by atoms with van der Waals surface area (Å²) in [4.78, 5) is 12.1. The van der Waals surface area contributed by atoms with Gasteiger partial charge in [0.1, 0.15) is 5.60 Å². The molecule has 1 heterocycles. The van der Waals surface area contributed by atoms with E-state index in [1.807, 2.05) is 40.2 Å². The number of aryl methyl sites for hydroxylation is 1. The summed E-state index contributed by atoms with van der Waals surface area (Å²) in [6.07, 6.45) is 5.15. The highest BCUT2D eigenvalue weighted by Gasteiger charge is 2.30. The number of nitrogens with one attached hydrogen (secondary N) is 2. The molecule has 0 bridgehead atoms. The first-order valence-electron chi connectivity index (χ1n) is 8.34. The fraction of sp³-hybridized carbons (Fsp3) is 0.765. The number of carbonyl (C=O) groups excluding carboxylic acids is 1. The van der Waals surface area contributed by atoms with Crippen LogP contribution >= 0.6 is 0 Å². The molecule has 6 nitrogen and oxygen atoms in total. The van der Waals surface area contributed by atoms with Gasteiger partial charge in [-0.1, -0.05) is 13.8 Å². The second kappa shape index (κ2) is 7.81. The van der Waals surface area contributed by atoms with Crippen LogP contribution in [0.1, 0.15) is 66.0 Å². The van der Waals surface area contributed by atoms with E-state index in [9.17, 15) is 4.79 Å². The standard InChI is InChI=1S/C17H32N4O2/c1-8-17(9-2,20-15(22)23-16(4,5)6)12-18-13(3)14-10-19-21(7)11-14/h10-11,13,18H,8-9,12H2,1-7H3,(H,20,22). The van der Waals surface area contributed by atoms with Crippen molar-refractivity contribution in [2.45, 2.75) is 71.6 Å². The van der Waals surface area contributed by atoms with Gasteiger partial charge in [-0.15, -0.1) is 0 Å². The lowest BCUT2D eigenvalue weighted by Gasteiger charge is -2.35. The van der Waals surface area contributed by atoms with Crippen molar-refractivity contribution >= 4 is 6.09 Å². The summed E-state index contributed by atoms with van der Waals surface area (Å²) in [5.74, 6) is 0. The molecule has 0 aliphatic rings. The van der Waals surface area contributed by atoms with Crippen LogP contribution < -0.4 is 10.6 Å². The van der Waals surface area contributed by atoms with Crippen LogP contribution in [0.15, 0.2) is 12.4 Å². The number of ether oxygens (including phenoxy) is 1. The van der Waals surface area contributed by atoms with Gasteiger partial charge in [-0.2, -0.15) is 5.10 Å². The Hall–Kier alpha value is -1.56. The van der Waals surface area contributed by atoms with Crippen molar-refractivity contribution < 1.29 is 9.53 Å². The molecule has 1 rings (SSSR count). The quantitative estimate of drug-likeness (QED) is 0.808. The van der Waals surface area contributed by atoms with Crippen LogP contribution in [-0.2, 0) is 11.8 Å². The summed E-state index contributed by atoms with van der Waals surface area (Å²) in [7, 11) is 1.91. The van der Waals surface area contributed by atoms with E-state index in [-0.39, 0.29) is 17.7 Å². The first-order chi connectivity index (χ1) is 10.6. The van der Waals surface area contributed by atoms with Crippen molar-refractivity contribution in [3.63, 3.8) is 0 Å². The summed E-state index contributed by atoms with van der Waals surface area (Å²) in [6, 6.07) is 0.168. The number of hydrogen-bond acceptors (Lipinski definition) is 4. The molecule has 23 heavy (non-hydrogen) atoms. The minimum Gasteiger partial charge on any atom is -0.444 e. The van der Waals surface area contributed by atoms with Gasteiger partial charge in [-0.3, -0.25) is 4.68 Å². The van der Waals surface area contributed by atoms with Crippen LogP contribution in [-0.4, -0.2) is 33.6 Å². The minimum absolute atomic E-state index is 0.168. The second-order valence-corrected chi connectivity index (χ2v) is 7.16. The minimum atomic E-state index is -0.492. The third-order valence-electron chi connectivity index (χ3n) is 4.09. The molecule has 0 saturated heterocycles. The van der Waals surface area contributed by atoms with Crippen LogP contribution in [0.2, 0.25) is 0 Å². The Balaban J connectivity index is 2.67. The zero-order chi connectivity index (χ0) is 17.7. The third-order valence-corrected chi connectivity index (χ3v) is 4.09. The first kappa shape index (κ1) is 19.5. The molecule has 0 aromatic carbocycles. The summed E-state index contributed by atoms with van der Waals surface area (Å²) in [6.45, 7) is 12.5. The normalized spacial score (nSPS) is 13.7. The zero-order valence-corrected chi connectivity index (χ0v) is 15.6. The number of carbonyl (C=O) groups is 1. The van der Waals surface area contributed by atoms with E-state index in [0.29, 0.717) is 6.54 Å². The first-order valence-corrected chi connectivity index (χ1v) is 8.34. The molecule has 1 amide bonds. The van der Waals surface area contributed by atoms with Crippen LogP contribution in [0.25, 0.3) is 0 Å². The fourth-order valence-corrected chi connectivity index (χ4v) is 2.37. The Kier molecular flexibility index (Phi) is 6.62. The monoisotopic (exact) mass is 324 g/mol. The Morgan fingerprint density at radius 2 is 1.96 bits per heavy atom. The van der Waals surface area contributed by atoms with Gasteiger partial charge in [0.05, 0.1) is 11.7 Å². The van der Waals surface area contributed by atoms with E-state index in [1.54, 1.807) is 4.68 Å². The predicted octanol–water partition coefficient (Wildman–Crippen LogP) is 3.15. The molecule has 0 fully saturated rings. The van der Waals surface area contributed by atoms with Crippen molar-refractivity contribution in [2.24, 2.45) is 7.05 Å². The molecule has 1 aromatic heterocycles. The summed E-state index contributed by atoms with van der Waals surface area (Å²) >= 11 is 0. The van der Waals surface area contributed by atoms with Gasteiger partial charge in [0, 0.05) is 31.4 Å². The summed E-state index contributed by atoms with van der Waals surface area (Å²) in [5, 5.41) is 10.8. The molecular formula is C17H32N4O2. The number of amides is 1. The Morgan fingerprint density at radius 1 is 1.35 bits per heavy atom. The van der Waals surface area contributed by atoms with Crippen molar-refractivity contribution in [2.75, 3.05) is 6.54 Å². The molecule has 1 atom stereocenters. The maximum atomic E-state index is 12.1. The van der Waals surface area contributed by atoms with Gasteiger partial charge in [-0.05, 0) is 40.5 Å². The molecular weight excluding hydrogens is 292 g/mol. The van der Waals surface area contributed by atoms with Gasteiger partial charge >= 0.3 is 6.09 Å². The second-order valence-electron chi connectivity index (χ2n) is 7.16. The average Bonchev–Trinajstić information content (AvgIpc) is 2.88. The van der Waals surface area contributed by atoms with E-state index < -0.39 is 5.60 Å². The van der Waals surface area contributed by atoms with Crippen LogP contribution in [0.4, 0.5) is 4.79 Å². The Labute approximate surface area is 140 Å². The number of aromatic nitrogens is 2. The smallest absolute Gasteiger partial charge is 0.408 e. The highest BCUT2D eigenvalue weighted by Crippen LogP contribution is 2.18. The van der Waals surface area contributed by atoms with Crippen LogP contribution in [0.3, 0.4) is 0 Å². The number of nitrogens with zero attached hydrogens (tertiary/aromatic N) is 2. The molecule has 0 aliphatic carbocycles. The van der Waals surface area contributed by atoms with E-state index in [4.69, 9.17) is 4.74 Å². The SMILES string of the molecule is CCC(CC)(CNC(C)c1cnn(C)c1)NC(=O)OC(C)(C)C. The van der Waals surface area contributed by atoms with Crippen molar-refractivity contribution in [3.05, 3.63) is 18.0 Å². The van der Waals surface area contributed by atoms with Gasteiger partial charge in [0.2, 0.25) is 0 Å². The average molecular weight is 324 g/mol. The molecule has 2 N–H and O–H groups in total. The number of hydrogen-bond donors (Lipinski definition) is 2. The molecule has 0 spiro atoms. The maximum absolute atomic E-state index is 12.1. The summed E-state index contributed by atoms with van der Waals surface area (Å²) in [5.41, 5.74) is 0.317. The molecule has 0 saturated carbocycles. The largest absolute Gasteiger partial charge is 0.444 e. The highest BCUT2D eigenvalue weighted by atomic mass is 16.6. The number of rotatable bonds is 7. The van der Waals surface area contributed by atoms with Gasteiger partial charge in [-0.25, -0.2) is 4.79 Å². The lowest BCUT2D eigenvalue weighted by Crippen LogP contribution is -2.55. The lowest BCUT2D eigenvalue weighted by atomic mass is 9.92. The number of alkyl carbamates (subject to hydrolysis) is 1. The fourth-order valence-electron chi connectivity index (χ4n) is 2.37. The maximum Gasteiger partial charge on any atom is 0.408 e. The highest BCUT2D eigenvalue weighted by molar-refractivity contribution is 5.68. The van der Waals surface area contributed by atoms with Gasteiger partial charge < -0.3 is 15.4 Å². The van der Waals surface area contributed by atoms with E-state index in [2.05, 4.69) is 36.5 Å². The van der Waals surface area contributed by atoms with Crippen LogP contribution in [0.5, 0.6) is 0 Å². The van der Waals surface area contributed by atoms with E-state index in [0.717, 1.165) is 18.4 Å².